The summed E-state index contributed by atoms with van der Waals surface area (Å²) in [7, 11) is 1.74. The molecule has 0 fully saturated rings. The van der Waals surface area contributed by atoms with Crippen molar-refractivity contribution in [3.05, 3.63) is 58.9 Å². The molecule has 28 heavy (non-hydrogen) atoms. The van der Waals surface area contributed by atoms with Crippen LogP contribution in [0.2, 0.25) is 0 Å². The van der Waals surface area contributed by atoms with Crippen molar-refractivity contribution in [2.24, 2.45) is 7.05 Å². The second-order valence-electron chi connectivity index (χ2n) is 6.42. The molecule has 1 N–H and O–H groups in total. The van der Waals surface area contributed by atoms with Crippen LogP contribution in [0, 0.1) is 18.6 Å². The minimum atomic E-state index is -1.07. The Labute approximate surface area is 159 Å². The van der Waals surface area contributed by atoms with Crippen molar-refractivity contribution in [2.75, 3.05) is 6.54 Å². The van der Waals surface area contributed by atoms with E-state index in [0.29, 0.717) is 22.3 Å². The van der Waals surface area contributed by atoms with Crippen LogP contribution in [-0.2, 0) is 18.4 Å². The molecule has 0 atom stereocenters. The number of carbonyl (C=O) groups excluding carboxylic acids is 1. The maximum atomic E-state index is 13.5. The molecule has 0 radical (unpaired) electrons. The zero-order valence-electron chi connectivity index (χ0n) is 15.3. The molecule has 0 saturated heterocycles. The van der Waals surface area contributed by atoms with Crippen LogP contribution in [0.3, 0.4) is 0 Å². The van der Waals surface area contributed by atoms with Crippen molar-refractivity contribution >= 4 is 22.9 Å². The van der Waals surface area contributed by atoms with Crippen molar-refractivity contribution in [3.63, 3.8) is 0 Å². The maximum Gasteiger partial charge on any atom is 0.305 e. The van der Waals surface area contributed by atoms with E-state index >= 15 is 0 Å². The van der Waals surface area contributed by atoms with Crippen molar-refractivity contribution in [1.29, 1.82) is 0 Å². The van der Waals surface area contributed by atoms with Gasteiger partial charge in [0.15, 0.2) is 17.3 Å². The second kappa shape index (κ2) is 7.71. The summed E-state index contributed by atoms with van der Waals surface area (Å²) in [4.78, 5) is 29.5. The van der Waals surface area contributed by atoms with Gasteiger partial charge >= 0.3 is 5.97 Å². The van der Waals surface area contributed by atoms with E-state index in [1.165, 1.54) is 17.2 Å². The number of aromatic nitrogens is 3. The fourth-order valence-corrected chi connectivity index (χ4v) is 2.95. The number of rotatable bonds is 6. The molecule has 0 aliphatic heterocycles. The number of hydrogen-bond donors (Lipinski definition) is 1. The van der Waals surface area contributed by atoms with Gasteiger partial charge in [0.05, 0.1) is 17.7 Å². The Morgan fingerprint density at radius 2 is 1.96 bits per heavy atom. The molecule has 0 spiro atoms. The number of aliphatic carboxylic acids is 1. The van der Waals surface area contributed by atoms with E-state index in [-0.39, 0.29) is 25.1 Å². The largest absolute Gasteiger partial charge is 0.481 e. The summed E-state index contributed by atoms with van der Waals surface area (Å²) in [5.41, 5.74) is 1.94. The van der Waals surface area contributed by atoms with E-state index in [1.807, 2.05) is 0 Å². The van der Waals surface area contributed by atoms with Crippen LogP contribution in [-0.4, -0.2) is 43.2 Å². The highest BCUT2D eigenvalue weighted by Crippen LogP contribution is 2.19. The van der Waals surface area contributed by atoms with Crippen LogP contribution in [0.5, 0.6) is 0 Å². The first-order valence-corrected chi connectivity index (χ1v) is 8.50. The summed E-state index contributed by atoms with van der Waals surface area (Å²) >= 11 is 0. The number of carboxylic acid groups (broad SMARTS) is 1. The molecule has 0 saturated carbocycles. The minimum Gasteiger partial charge on any atom is -0.481 e. The van der Waals surface area contributed by atoms with Crippen molar-refractivity contribution in [1.82, 2.24) is 19.7 Å². The molecule has 3 rings (SSSR count). The first kappa shape index (κ1) is 19.4. The SMILES string of the molecule is Cc1nn(C)c2ncc(C(=O)N(CCC(=O)O)Cc3ccc(F)c(F)c3)cc12. The van der Waals surface area contributed by atoms with Gasteiger partial charge in [0.1, 0.15) is 0 Å². The van der Waals surface area contributed by atoms with Gasteiger partial charge in [-0.1, -0.05) is 6.07 Å². The fourth-order valence-electron chi connectivity index (χ4n) is 2.95. The summed E-state index contributed by atoms with van der Waals surface area (Å²) in [6.45, 7) is 1.65. The lowest BCUT2D eigenvalue weighted by Crippen LogP contribution is -2.32. The molecule has 0 aliphatic rings. The number of fused-ring (bicyclic) bond motifs is 1. The van der Waals surface area contributed by atoms with E-state index in [4.69, 9.17) is 5.11 Å². The molecule has 0 unspecified atom stereocenters. The molecule has 2 aromatic heterocycles. The zero-order chi connectivity index (χ0) is 20.4. The molecule has 1 amide bonds. The smallest absolute Gasteiger partial charge is 0.305 e. The lowest BCUT2D eigenvalue weighted by atomic mass is 10.1. The molecular formula is C19H18F2N4O3. The number of hydrogen-bond acceptors (Lipinski definition) is 4. The minimum absolute atomic E-state index is 0.0621. The molecule has 0 aliphatic carbocycles. The van der Waals surface area contributed by atoms with Crippen LogP contribution >= 0.6 is 0 Å². The summed E-state index contributed by atoms with van der Waals surface area (Å²) in [5, 5.41) is 13.9. The van der Waals surface area contributed by atoms with Gasteiger partial charge in [0, 0.05) is 31.7 Å². The lowest BCUT2D eigenvalue weighted by molar-refractivity contribution is -0.137. The lowest BCUT2D eigenvalue weighted by Gasteiger charge is -2.22. The number of carboxylic acids is 1. The third kappa shape index (κ3) is 3.98. The first-order chi connectivity index (χ1) is 13.3. The predicted octanol–water partition coefficient (Wildman–Crippen LogP) is 2.67. The topological polar surface area (TPSA) is 88.3 Å². The third-order valence-corrected chi connectivity index (χ3v) is 4.35. The van der Waals surface area contributed by atoms with Gasteiger partial charge in [-0.15, -0.1) is 0 Å². The molecule has 0 bridgehead atoms. The summed E-state index contributed by atoms with van der Waals surface area (Å²) in [6.07, 6.45) is 1.11. The van der Waals surface area contributed by atoms with Crippen LogP contribution in [0.4, 0.5) is 8.78 Å². The Bertz CT molecular complexity index is 1060. The van der Waals surface area contributed by atoms with Crippen molar-refractivity contribution < 1.29 is 23.5 Å². The highest BCUT2D eigenvalue weighted by molar-refractivity contribution is 5.97. The van der Waals surface area contributed by atoms with E-state index in [0.717, 1.165) is 12.1 Å². The predicted molar refractivity (Wildman–Crippen MR) is 96.6 cm³/mol. The van der Waals surface area contributed by atoms with Gasteiger partial charge in [-0.25, -0.2) is 13.8 Å². The Morgan fingerprint density at radius 1 is 1.21 bits per heavy atom. The highest BCUT2D eigenvalue weighted by atomic mass is 19.2. The van der Waals surface area contributed by atoms with Crippen LogP contribution in [0.15, 0.2) is 30.5 Å². The monoisotopic (exact) mass is 388 g/mol. The summed E-state index contributed by atoms with van der Waals surface area (Å²) in [6, 6.07) is 4.96. The highest BCUT2D eigenvalue weighted by Gasteiger charge is 2.20. The second-order valence-corrected chi connectivity index (χ2v) is 6.42. The van der Waals surface area contributed by atoms with E-state index < -0.39 is 23.5 Å². The van der Waals surface area contributed by atoms with E-state index in [1.54, 1.807) is 24.7 Å². The molecule has 2 heterocycles. The van der Waals surface area contributed by atoms with Gasteiger partial charge in [-0.2, -0.15) is 5.10 Å². The normalized spacial score (nSPS) is 11.0. The Balaban J connectivity index is 1.92. The number of pyridine rings is 1. The van der Waals surface area contributed by atoms with E-state index in [2.05, 4.69) is 10.1 Å². The van der Waals surface area contributed by atoms with Crippen molar-refractivity contribution in [2.45, 2.75) is 19.9 Å². The van der Waals surface area contributed by atoms with Gasteiger partial charge in [-0.05, 0) is 30.7 Å². The number of amides is 1. The molecule has 3 aromatic rings. The number of benzene rings is 1. The van der Waals surface area contributed by atoms with Crippen LogP contribution < -0.4 is 0 Å². The molecular weight excluding hydrogens is 370 g/mol. The standard InChI is InChI=1S/C19H18F2N4O3/c1-11-14-8-13(9-22-18(14)24(2)23-11)19(28)25(6-5-17(26)27)10-12-3-4-15(20)16(21)7-12/h3-4,7-9H,5-6,10H2,1-2H3,(H,26,27). The Kier molecular flexibility index (Phi) is 5.34. The summed E-state index contributed by atoms with van der Waals surface area (Å²) in [5.74, 6) is -3.55. The van der Waals surface area contributed by atoms with Crippen molar-refractivity contribution in [3.8, 4) is 0 Å². The third-order valence-electron chi connectivity index (χ3n) is 4.35. The van der Waals surface area contributed by atoms with Gasteiger partial charge in [0.25, 0.3) is 5.91 Å². The van der Waals surface area contributed by atoms with Crippen LogP contribution in [0.1, 0.15) is 28.0 Å². The number of carbonyl (C=O) groups is 2. The van der Waals surface area contributed by atoms with Gasteiger partial charge < -0.3 is 10.0 Å². The van der Waals surface area contributed by atoms with Gasteiger partial charge in [-0.3, -0.25) is 14.3 Å². The average molecular weight is 388 g/mol. The van der Waals surface area contributed by atoms with Gasteiger partial charge in [0.2, 0.25) is 0 Å². The first-order valence-electron chi connectivity index (χ1n) is 8.50. The average Bonchev–Trinajstić information content (AvgIpc) is 2.94. The Morgan fingerprint density at radius 3 is 2.64 bits per heavy atom. The fraction of sp³-hybridized carbons (Fsp3) is 0.263. The molecule has 1 aromatic carbocycles. The van der Waals surface area contributed by atoms with E-state index in [9.17, 15) is 18.4 Å². The number of nitrogens with zero attached hydrogens (tertiary/aromatic N) is 4. The molecule has 146 valence electrons. The number of aryl methyl sites for hydroxylation is 2. The maximum absolute atomic E-state index is 13.5. The zero-order valence-corrected chi connectivity index (χ0v) is 15.3. The number of halogens is 2. The summed E-state index contributed by atoms with van der Waals surface area (Å²) < 4.78 is 28.2. The Hall–Kier alpha value is -3.36. The molecule has 9 heteroatoms. The molecule has 7 nitrogen and oxygen atoms in total. The quantitative estimate of drug-likeness (QED) is 0.701. The van der Waals surface area contributed by atoms with Crippen LogP contribution in [0.25, 0.3) is 11.0 Å².